The minimum absolute atomic E-state index is 0.391. The minimum Gasteiger partial charge on any atom is -0.456 e. The summed E-state index contributed by atoms with van der Waals surface area (Å²) in [7, 11) is 0. The standard InChI is InChI=1S/C58H44N2O/c1-4-13-53-49(10-1)50-11-2-5-14-54(50)60(53)48-9-7-8-39(30-48)37-16-23-45(24-17-37)59(47-27-21-41(22-28-47)57-34-43-32-42-33-44(35-57)58(42,43)36-57)46-25-18-38(19-26-46)40-20-29-56-52(31-40)51-12-3-6-15-55(51)61-56/h1-31,42-44H,32-36H2/t42?,43-,44-,57?,58?/m0/s1. The lowest BCUT2D eigenvalue weighted by atomic mass is 9.38. The predicted octanol–water partition coefficient (Wildman–Crippen LogP) is 15.6. The van der Waals surface area contributed by atoms with Gasteiger partial charge in [0.15, 0.2) is 0 Å². The van der Waals surface area contributed by atoms with E-state index >= 15 is 0 Å². The molecule has 61 heavy (non-hydrogen) atoms. The van der Waals surface area contributed by atoms with Crippen LogP contribution in [0.25, 0.3) is 71.7 Å². The Morgan fingerprint density at radius 2 is 0.984 bits per heavy atom. The van der Waals surface area contributed by atoms with Crippen molar-refractivity contribution in [1.82, 2.24) is 4.57 Å². The molecule has 2 aromatic heterocycles. The molecule has 1 spiro atoms. The first-order valence-corrected chi connectivity index (χ1v) is 22.2. The Balaban J connectivity index is 0.830. The summed E-state index contributed by atoms with van der Waals surface area (Å²) in [5.74, 6) is 2.99. The number of rotatable bonds is 7. The lowest BCUT2D eigenvalue weighted by Crippen LogP contribution is -2.59. The van der Waals surface area contributed by atoms with Gasteiger partial charge in [0.1, 0.15) is 11.2 Å². The van der Waals surface area contributed by atoms with E-state index in [4.69, 9.17) is 4.42 Å². The molecule has 2 bridgehead atoms. The number of benzene rings is 8. The normalized spacial score (nSPS) is 23.4. The zero-order valence-electron chi connectivity index (χ0n) is 34.0. The molecule has 4 aliphatic carbocycles. The second kappa shape index (κ2) is 12.4. The fraction of sp³-hybridized carbons (Fsp3) is 0.172. The van der Waals surface area contributed by atoms with Gasteiger partial charge in [-0.2, -0.15) is 0 Å². The first-order chi connectivity index (χ1) is 30.1. The first kappa shape index (κ1) is 33.9. The van der Waals surface area contributed by atoms with Gasteiger partial charge in [-0.25, -0.2) is 0 Å². The molecule has 0 amide bonds. The van der Waals surface area contributed by atoms with Crippen LogP contribution in [0.1, 0.15) is 37.7 Å². The number of para-hydroxylation sites is 3. The molecule has 0 unspecified atom stereocenters. The van der Waals surface area contributed by atoms with Gasteiger partial charge in [0.2, 0.25) is 0 Å². The maximum Gasteiger partial charge on any atom is 0.135 e. The first-order valence-electron chi connectivity index (χ1n) is 22.2. The van der Waals surface area contributed by atoms with Gasteiger partial charge >= 0.3 is 0 Å². The fourth-order valence-corrected chi connectivity index (χ4v) is 13.4. The number of aromatic nitrogens is 1. The molecule has 8 aromatic carbocycles. The quantitative estimate of drug-likeness (QED) is 0.161. The Bertz CT molecular complexity index is 3300. The van der Waals surface area contributed by atoms with Crippen LogP contribution in [0.4, 0.5) is 17.1 Å². The monoisotopic (exact) mass is 784 g/mol. The third-order valence-electron chi connectivity index (χ3n) is 16.1. The van der Waals surface area contributed by atoms with Crippen LogP contribution in [-0.2, 0) is 5.41 Å². The van der Waals surface area contributed by atoms with Crippen molar-refractivity contribution >= 4 is 60.8 Å². The van der Waals surface area contributed by atoms with E-state index < -0.39 is 0 Å². The number of hydrogen-bond acceptors (Lipinski definition) is 2. The van der Waals surface area contributed by atoms with E-state index in [1.807, 2.05) is 12.1 Å². The molecule has 3 heteroatoms. The van der Waals surface area contributed by atoms with E-state index in [1.165, 1.54) is 87.5 Å². The summed E-state index contributed by atoms with van der Waals surface area (Å²) >= 11 is 0. The average molecular weight is 785 g/mol. The van der Waals surface area contributed by atoms with Gasteiger partial charge in [-0.15, -0.1) is 0 Å². The summed E-state index contributed by atoms with van der Waals surface area (Å²) in [4.78, 5) is 2.43. The van der Waals surface area contributed by atoms with Crippen molar-refractivity contribution < 1.29 is 4.42 Å². The smallest absolute Gasteiger partial charge is 0.135 e. The Hall–Kier alpha value is -6.84. The molecule has 2 atom stereocenters. The molecule has 4 saturated carbocycles. The third kappa shape index (κ3) is 4.75. The van der Waals surface area contributed by atoms with Gasteiger partial charge in [0.25, 0.3) is 0 Å². The van der Waals surface area contributed by atoms with E-state index in [0.29, 0.717) is 10.8 Å². The molecule has 0 radical (unpaired) electrons. The van der Waals surface area contributed by atoms with Gasteiger partial charge in [0.05, 0.1) is 11.0 Å². The van der Waals surface area contributed by atoms with Gasteiger partial charge in [0, 0.05) is 44.3 Å². The highest BCUT2D eigenvalue weighted by atomic mass is 16.3. The molecular formula is C58H44N2O. The van der Waals surface area contributed by atoms with Crippen molar-refractivity contribution in [3.63, 3.8) is 0 Å². The van der Waals surface area contributed by atoms with Crippen molar-refractivity contribution in [3.8, 4) is 27.9 Å². The van der Waals surface area contributed by atoms with Crippen molar-refractivity contribution in [2.45, 2.75) is 37.5 Å². The number of furan rings is 1. The Labute approximate surface area is 355 Å². The van der Waals surface area contributed by atoms with Crippen molar-refractivity contribution in [3.05, 3.63) is 194 Å². The van der Waals surface area contributed by atoms with Crippen molar-refractivity contribution in [1.29, 1.82) is 0 Å². The molecule has 3 nitrogen and oxygen atoms in total. The molecule has 0 saturated heterocycles. The second-order valence-corrected chi connectivity index (χ2v) is 18.7. The predicted molar refractivity (Wildman–Crippen MR) is 251 cm³/mol. The fourth-order valence-electron chi connectivity index (χ4n) is 13.4. The molecule has 4 fully saturated rings. The number of fused-ring (bicyclic) bond motifs is 7. The van der Waals surface area contributed by atoms with E-state index in [2.05, 4.69) is 185 Å². The minimum atomic E-state index is 0.391. The summed E-state index contributed by atoms with van der Waals surface area (Å²) in [5.41, 5.74) is 16.4. The molecule has 14 rings (SSSR count). The number of nitrogens with zero attached hydrogens (tertiary/aromatic N) is 2. The highest BCUT2D eigenvalue weighted by molar-refractivity contribution is 6.09. The van der Waals surface area contributed by atoms with E-state index in [1.54, 1.807) is 5.56 Å². The van der Waals surface area contributed by atoms with Crippen LogP contribution in [0, 0.1) is 23.2 Å². The second-order valence-electron chi connectivity index (χ2n) is 18.7. The average Bonchev–Trinajstić information content (AvgIpc) is 4.04. The van der Waals surface area contributed by atoms with E-state index in [0.717, 1.165) is 51.1 Å². The highest BCUT2D eigenvalue weighted by Gasteiger charge is 2.77. The molecule has 4 aliphatic rings. The van der Waals surface area contributed by atoms with Crippen LogP contribution < -0.4 is 4.90 Å². The Morgan fingerprint density at radius 1 is 0.443 bits per heavy atom. The molecule has 2 heterocycles. The highest BCUT2D eigenvalue weighted by Crippen LogP contribution is 2.84. The summed E-state index contributed by atoms with van der Waals surface area (Å²) < 4.78 is 8.55. The van der Waals surface area contributed by atoms with E-state index in [9.17, 15) is 0 Å². The van der Waals surface area contributed by atoms with Crippen molar-refractivity contribution in [2.75, 3.05) is 4.90 Å². The lowest BCUT2D eigenvalue weighted by Gasteiger charge is -2.66. The number of hydrogen-bond donors (Lipinski definition) is 0. The van der Waals surface area contributed by atoms with Crippen LogP contribution >= 0.6 is 0 Å². The maximum absolute atomic E-state index is 6.15. The zero-order valence-corrected chi connectivity index (χ0v) is 34.0. The van der Waals surface area contributed by atoms with Crippen LogP contribution in [0.5, 0.6) is 0 Å². The van der Waals surface area contributed by atoms with E-state index in [-0.39, 0.29) is 0 Å². The van der Waals surface area contributed by atoms with Crippen molar-refractivity contribution in [2.24, 2.45) is 23.2 Å². The van der Waals surface area contributed by atoms with Gasteiger partial charge < -0.3 is 13.9 Å². The molecular weight excluding hydrogens is 741 g/mol. The van der Waals surface area contributed by atoms with Crippen LogP contribution in [0.15, 0.2) is 192 Å². The maximum atomic E-state index is 6.15. The van der Waals surface area contributed by atoms with Crippen LogP contribution in [0.3, 0.4) is 0 Å². The van der Waals surface area contributed by atoms with Gasteiger partial charge in [-0.05, 0) is 167 Å². The molecule has 0 N–H and O–H groups in total. The summed E-state index contributed by atoms with van der Waals surface area (Å²) in [6.07, 6.45) is 7.24. The largest absolute Gasteiger partial charge is 0.456 e. The van der Waals surface area contributed by atoms with Gasteiger partial charge in [-0.1, -0.05) is 109 Å². The summed E-state index contributed by atoms with van der Waals surface area (Å²) in [6.45, 7) is 0. The summed E-state index contributed by atoms with van der Waals surface area (Å²) in [5, 5.41) is 4.86. The summed E-state index contributed by atoms with van der Waals surface area (Å²) in [6, 6.07) is 69.4. The Kier molecular flexibility index (Phi) is 6.88. The molecule has 292 valence electrons. The van der Waals surface area contributed by atoms with Crippen LogP contribution in [0.2, 0.25) is 0 Å². The third-order valence-corrected chi connectivity index (χ3v) is 16.1. The number of anilines is 3. The zero-order chi connectivity index (χ0) is 39.9. The topological polar surface area (TPSA) is 21.3 Å². The molecule has 0 aliphatic heterocycles. The van der Waals surface area contributed by atoms with Crippen LogP contribution in [-0.4, -0.2) is 4.57 Å². The van der Waals surface area contributed by atoms with Gasteiger partial charge in [-0.3, -0.25) is 0 Å². The molecule has 10 aromatic rings. The Morgan fingerprint density at radius 3 is 1.61 bits per heavy atom. The SMILES string of the molecule is c1cc(-c2ccc(N(c3ccc(-c4ccc5oc6ccccc6c5c4)cc3)c3ccc(C45C[C@@H]6CC7C[C@@H](C4)C76C5)cc3)cc2)cc(-n2c3ccccc3c3ccccc32)c1. The lowest BCUT2D eigenvalue weighted by molar-refractivity contribution is -0.175.